The van der Waals surface area contributed by atoms with Gasteiger partial charge >= 0.3 is 0 Å². The fourth-order valence-corrected chi connectivity index (χ4v) is 4.13. The van der Waals surface area contributed by atoms with Gasteiger partial charge in [0.05, 0.1) is 17.6 Å². The number of amides is 1. The van der Waals surface area contributed by atoms with Crippen LogP contribution in [0.4, 0.5) is 5.82 Å². The van der Waals surface area contributed by atoms with Gasteiger partial charge in [0.1, 0.15) is 5.82 Å². The summed E-state index contributed by atoms with van der Waals surface area (Å²) in [6.45, 7) is 4.47. The van der Waals surface area contributed by atoms with Gasteiger partial charge in [-0.2, -0.15) is 5.26 Å². The molecule has 1 amide bonds. The van der Waals surface area contributed by atoms with Gasteiger partial charge < -0.3 is 5.32 Å². The Labute approximate surface area is 183 Å². The molecular weight excluding hydrogens is 384 g/mol. The Morgan fingerprint density at radius 1 is 1.13 bits per heavy atom. The first-order chi connectivity index (χ1) is 15.1. The van der Waals surface area contributed by atoms with Gasteiger partial charge in [-0.05, 0) is 61.2 Å². The van der Waals surface area contributed by atoms with Gasteiger partial charge in [0, 0.05) is 18.8 Å². The number of nitriles is 1. The highest BCUT2D eigenvalue weighted by Crippen LogP contribution is 2.25. The first-order valence-corrected chi connectivity index (χ1v) is 10.7. The number of pyridine rings is 1. The molecule has 1 saturated heterocycles. The number of carbonyl (C=O) groups excluding carboxylic acids is 1. The average Bonchev–Trinajstić information content (AvgIpc) is 2.80. The number of likely N-dealkylation sites (tertiary alicyclic amines) is 1. The van der Waals surface area contributed by atoms with Crippen LogP contribution in [0.5, 0.6) is 0 Å². The minimum atomic E-state index is -0.0298. The summed E-state index contributed by atoms with van der Waals surface area (Å²) in [6.07, 6.45) is 1.91. The maximum atomic E-state index is 12.7. The summed E-state index contributed by atoms with van der Waals surface area (Å²) in [6, 6.07) is 23.9. The monoisotopic (exact) mass is 410 g/mol. The van der Waals surface area contributed by atoms with E-state index in [4.69, 9.17) is 0 Å². The Morgan fingerprint density at radius 3 is 2.71 bits per heavy atom. The van der Waals surface area contributed by atoms with Crippen molar-refractivity contribution in [2.45, 2.75) is 26.3 Å². The summed E-state index contributed by atoms with van der Waals surface area (Å²) >= 11 is 0. The maximum Gasteiger partial charge on any atom is 0.229 e. The van der Waals surface area contributed by atoms with Gasteiger partial charge in [-0.1, -0.05) is 48.5 Å². The molecule has 1 aliphatic rings. The van der Waals surface area contributed by atoms with Crippen molar-refractivity contribution in [3.8, 4) is 17.2 Å². The topological polar surface area (TPSA) is 69.0 Å². The molecule has 1 atom stereocenters. The first kappa shape index (κ1) is 20.8. The van der Waals surface area contributed by atoms with E-state index in [0.29, 0.717) is 11.4 Å². The van der Waals surface area contributed by atoms with E-state index < -0.39 is 0 Å². The van der Waals surface area contributed by atoms with Crippen LogP contribution in [0.2, 0.25) is 0 Å². The molecule has 0 aliphatic carbocycles. The molecule has 5 nitrogen and oxygen atoms in total. The molecule has 2 heterocycles. The third kappa shape index (κ3) is 5.17. The molecule has 0 spiro atoms. The number of aromatic nitrogens is 1. The minimum absolute atomic E-state index is 0.0298. The number of benzene rings is 2. The summed E-state index contributed by atoms with van der Waals surface area (Å²) in [5, 5.41) is 12.3. The molecule has 31 heavy (non-hydrogen) atoms. The van der Waals surface area contributed by atoms with Crippen LogP contribution in [0, 0.1) is 24.2 Å². The van der Waals surface area contributed by atoms with E-state index in [9.17, 15) is 10.1 Å². The summed E-state index contributed by atoms with van der Waals surface area (Å²) in [7, 11) is 0. The fraction of sp³-hybridized carbons (Fsp3) is 0.269. The lowest BCUT2D eigenvalue weighted by atomic mass is 9.96. The molecule has 1 aliphatic heterocycles. The van der Waals surface area contributed by atoms with Crippen molar-refractivity contribution in [3.63, 3.8) is 0 Å². The smallest absolute Gasteiger partial charge is 0.229 e. The second-order valence-electron chi connectivity index (χ2n) is 8.08. The Morgan fingerprint density at radius 2 is 1.94 bits per heavy atom. The standard InChI is InChI=1S/C26H26N4O/c1-19-6-4-10-25(28-19)29-26(31)23-8-5-15-30(18-23)17-20-11-13-21(14-12-20)24-9-3-2-7-22(24)16-27/h2-4,6-7,9-14,23H,5,8,15,17-18H2,1H3,(H,28,29,31). The molecule has 0 radical (unpaired) electrons. The number of piperidine rings is 1. The van der Waals surface area contributed by atoms with Crippen molar-refractivity contribution in [1.82, 2.24) is 9.88 Å². The summed E-state index contributed by atoms with van der Waals surface area (Å²) in [5.74, 6) is 0.638. The molecule has 1 aromatic heterocycles. The normalized spacial score (nSPS) is 16.5. The van der Waals surface area contributed by atoms with Crippen LogP contribution in [0.15, 0.2) is 66.7 Å². The van der Waals surface area contributed by atoms with Crippen molar-refractivity contribution in [2.24, 2.45) is 5.92 Å². The van der Waals surface area contributed by atoms with Crippen LogP contribution in [0.1, 0.15) is 29.7 Å². The van der Waals surface area contributed by atoms with Crippen LogP contribution in [0.3, 0.4) is 0 Å². The average molecular weight is 411 g/mol. The van der Waals surface area contributed by atoms with E-state index >= 15 is 0 Å². The molecular formula is C26H26N4O. The zero-order valence-electron chi connectivity index (χ0n) is 17.7. The van der Waals surface area contributed by atoms with Crippen LogP contribution in [-0.4, -0.2) is 28.9 Å². The molecule has 1 unspecified atom stereocenters. The third-order valence-corrected chi connectivity index (χ3v) is 5.73. The highest BCUT2D eigenvalue weighted by Gasteiger charge is 2.26. The Hall–Kier alpha value is -3.49. The van der Waals surface area contributed by atoms with Gasteiger partial charge in [-0.3, -0.25) is 9.69 Å². The van der Waals surface area contributed by atoms with Crippen molar-refractivity contribution in [1.29, 1.82) is 5.26 Å². The Bertz CT molecular complexity index is 1100. The predicted molar refractivity (Wildman–Crippen MR) is 122 cm³/mol. The second-order valence-corrected chi connectivity index (χ2v) is 8.08. The zero-order chi connectivity index (χ0) is 21.6. The largest absolute Gasteiger partial charge is 0.310 e. The molecule has 3 aromatic rings. The van der Waals surface area contributed by atoms with Gasteiger partial charge in [0.2, 0.25) is 5.91 Å². The summed E-state index contributed by atoms with van der Waals surface area (Å²) in [4.78, 5) is 19.5. The molecule has 1 fully saturated rings. The maximum absolute atomic E-state index is 12.7. The quantitative estimate of drug-likeness (QED) is 0.657. The van der Waals surface area contributed by atoms with Crippen LogP contribution < -0.4 is 5.32 Å². The minimum Gasteiger partial charge on any atom is -0.310 e. The molecule has 5 heteroatoms. The Kier molecular flexibility index (Phi) is 6.40. The molecule has 1 N–H and O–H groups in total. The molecule has 0 bridgehead atoms. The van der Waals surface area contributed by atoms with E-state index in [0.717, 1.165) is 49.3 Å². The predicted octanol–water partition coefficient (Wildman–Crippen LogP) is 4.78. The SMILES string of the molecule is Cc1cccc(NC(=O)C2CCCN(Cc3ccc(-c4ccccc4C#N)cc3)C2)n1. The van der Waals surface area contributed by atoms with Crippen molar-refractivity contribution in [2.75, 3.05) is 18.4 Å². The van der Waals surface area contributed by atoms with Gasteiger partial charge in [0.25, 0.3) is 0 Å². The Balaban J connectivity index is 1.38. The number of anilines is 1. The number of hydrogen-bond donors (Lipinski definition) is 1. The molecule has 2 aromatic carbocycles. The van der Waals surface area contributed by atoms with E-state index in [1.54, 1.807) is 0 Å². The highest BCUT2D eigenvalue weighted by atomic mass is 16.2. The number of aryl methyl sites for hydroxylation is 1. The lowest BCUT2D eigenvalue weighted by Gasteiger charge is -2.32. The van der Waals surface area contributed by atoms with Gasteiger partial charge in [0.15, 0.2) is 0 Å². The molecule has 156 valence electrons. The summed E-state index contributed by atoms with van der Waals surface area (Å²) in [5.41, 5.74) is 4.78. The lowest BCUT2D eigenvalue weighted by molar-refractivity contribution is -0.121. The van der Waals surface area contributed by atoms with E-state index in [-0.39, 0.29) is 11.8 Å². The fourth-order valence-electron chi connectivity index (χ4n) is 4.13. The van der Waals surface area contributed by atoms with Crippen molar-refractivity contribution >= 4 is 11.7 Å². The number of nitrogens with zero attached hydrogens (tertiary/aromatic N) is 3. The lowest BCUT2D eigenvalue weighted by Crippen LogP contribution is -2.40. The number of carbonyl (C=O) groups is 1. The second kappa shape index (κ2) is 9.55. The third-order valence-electron chi connectivity index (χ3n) is 5.73. The van der Waals surface area contributed by atoms with Gasteiger partial charge in [-0.25, -0.2) is 4.98 Å². The number of rotatable bonds is 5. The first-order valence-electron chi connectivity index (χ1n) is 10.7. The van der Waals surface area contributed by atoms with Crippen molar-refractivity contribution < 1.29 is 4.79 Å². The number of nitrogens with one attached hydrogen (secondary N) is 1. The highest BCUT2D eigenvalue weighted by molar-refractivity contribution is 5.91. The zero-order valence-corrected chi connectivity index (χ0v) is 17.7. The van der Waals surface area contributed by atoms with Crippen LogP contribution >= 0.6 is 0 Å². The van der Waals surface area contributed by atoms with Crippen LogP contribution in [-0.2, 0) is 11.3 Å². The van der Waals surface area contributed by atoms with Crippen molar-refractivity contribution in [3.05, 3.63) is 83.6 Å². The van der Waals surface area contributed by atoms with Crippen LogP contribution in [0.25, 0.3) is 11.1 Å². The molecule has 0 saturated carbocycles. The van der Waals surface area contributed by atoms with Gasteiger partial charge in [-0.15, -0.1) is 0 Å². The molecule has 4 rings (SSSR count). The summed E-state index contributed by atoms with van der Waals surface area (Å²) < 4.78 is 0. The van der Waals surface area contributed by atoms with E-state index in [1.807, 2.05) is 49.4 Å². The number of hydrogen-bond acceptors (Lipinski definition) is 4. The van der Waals surface area contributed by atoms with E-state index in [2.05, 4.69) is 45.5 Å². The van der Waals surface area contributed by atoms with E-state index in [1.165, 1.54) is 5.56 Å².